The molecule has 48 heavy (non-hydrogen) atoms. The lowest BCUT2D eigenvalue weighted by Crippen LogP contribution is -2.61. The van der Waals surface area contributed by atoms with Crippen LogP contribution >= 0.6 is 0 Å². The lowest BCUT2D eigenvalue weighted by atomic mass is 9.80. The van der Waals surface area contributed by atoms with Gasteiger partial charge >= 0.3 is 24.6 Å². The van der Waals surface area contributed by atoms with E-state index in [0.29, 0.717) is 18.2 Å². The molecule has 0 saturated heterocycles. The van der Waals surface area contributed by atoms with Crippen LogP contribution in [0.25, 0.3) is 0 Å². The van der Waals surface area contributed by atoms with E-state index in [1.54, 1.807) is 6.92 Å². The third kappa shape index (κ3) is 7.36. The molecule has 0 bridgehead atoms. The summed E-state index contributed by atoms with van der Waals surface area (Å²) in [7, 11) is -3.49. The number of hydrogen-bond donors (Lipinski definition) is 2. The van der Waals surface area contributed by atoms with Crippen molar-refractivity contribution < 1.29 is 57.5 Å². The van der Waals surface area contributed by atoms with Crippen molar-refractivity contribution in [2.75, 3.05) is 18.6 Å². The molecule has 0 saturated carbocycles. The summed E-state index contributed by atoms with van der Waals surface area (Å²) in [6.45, 7) is 2.98. The molecule has 0 fully saturated rings. The Labute approximate surface area is 268 Å². The third-order valence-corrected chi connectivity index (χ3v) is 9.23. The second kappa shape index (κ2) is 12.8. The minimum absolute atomic E-state index is 0.0201. The van der Waals surface area contributed by atoms with Crippen LogP contribution in [0.5, 0.6) is 0 Å². The van der Waals surface area contributed by atoms with Crippen molar-refractivity contribution in [3.8, 4) is 0 Å². The van der Waals surface area contributed by atoms with Crippen LogP contribution in [-0.4, -0.2) is 43.8 Å². The summed E-state index contributed by atoms with van der Waals surface area (Å²) in [5.74, 6) is -1.62. The van der Waals surface area contributed by atoms with Crippen molar-refractivity contribution in [1.29, 1.82) is 0 Å². The van der Waals surface area contributed by atoms with Gasteiger partial charge in [0.2, 0.25) is 10.0 Å². The summed E-state index contributed by atoms with van der Waals surface area (Å²) < 4.78 is 156. The molecule has 3 aromatic rings. The van der Waals surface area contributed by atoms with Crippen molar-refractivity contribution in [2.45, 2.75) is 68.1 Å². The maximum Gasteiger partial charge on any atom is 0.416 e. The van der Waals surface area contributed by atoms with Crippen LogP contribution in [0.4, 0.5) is 50.0 Å². The number of anilines is 1. The number of hydrogen-bond acceptors (Lipinski definition) is 7. The monoisotopic (exact) mass is 713 g/mol. The van der Waals surface area contributed by atoms with E-state index < -0.39 is 85.5 Å². The fraction of sp³-hybridized carbons (Fsp3) is 0.414. The van der Waals surface area contributed by atoms with Gasteiger partial charge in [-0.05, 0) is 74.3 Å². The quantitative estimate of drug-likeness (QED) is 0.265. The molecule has 19 heteroatoms. The average molecular weight is 714 g/mol. The zero-order valence-electron chi connectivity index (χ0n) is 25.3. The molecule has 1 aliphatic rings. The normalized spacial score (nSPS) is 18.9. The molecule has 0 unspecified atom stereocenters. The number of nitrogens with zero attached hydrogens (tertiary/aromatic N) is 3. The summed E-state index contributed by atoms with van der Waals surface area (Å²) in [4.78, 5) is 21.6. The number of amides is 1. The Hall–Kier alpha value is -3.97. The first-order chi connectivity index (χ1) is 22.1. The Morgan fingerprint density at radius 2 is 1.56 bits per heavy atom. The Bertz CT molecular complexity index is 1780. The first kappa shape index (κ1) is 36.9. The molecule has 3 N–H and O–H groups in total. The van der Waals surface area contributed by atoms with Crippen LogP contribution in [0.15, 0.2) is 47.5 Å². The van der Waals surface area contributed by atoms with E-state index in [9.17, 15) is 52.7 Å². The molecule has 9 nitrogen and oxygen atoms in total. The number of nitrogens with two attached hydrogens (primary N) is 1. The van der Waals surface area contributed by atoms with E-state index in [1.165, 1.54) is 6.92 Å². The van der Waals surface area contributed by atoms with Crippen LogP contribution in [-0.2, 0) is 39.7 Å². The van der Waals surface area contributed by atoms with Gasteiger partial charge in [-0.25, -0.2) is 27.9 Å². The number of ether oxygens (including phenoxy) is 1. The number of benzene rings is 2. The van der Waals surface area contributed by atoms with Gasteiger partial charge in [-0.3, -0.25) is 4.90 Å². The molecule has 2 aromatic carbocycles. The van der Waals surface area contributed by atoms with E-state index >= 15 is 0 Å². The molecule has 0 aliphatic carbocycles. The van der Waals surface area contributed by atoms with Gasteiger partial charge in [0.25, 0.3) is 0 Å². The fourth-order valence-electron chi connectivity index (χ4n) is 5.37. The third-order valence-electron chi connectivity index (χ3n) is 7.77. The number of rotatable bonds is 7. The van der Waals surface area contributed by atoms with Crippen molar-refractivity contribution in [3.63, 3.8) is 0 Å². The van der Waals surface area contributed by atoms with Gasteiger partial charge in [0.1, 0.15) is 16.4 Å². The molecule has 1 aliphatic heterocycles. The Morgan fingerprint density at radius 3 is 2.06 bits per heavy atom. The van der Waals surface area contributed by atoms with E-state index in [0.717, 1.165) is 30.3 Å². The summed E-state index contributed by atoms with van der Waals surface area (Å²) in [6.07, 6.45) is -16.7. The minimum Gasteiger partial charge on any atom is -0.449 e. The maximum absolute atomic E-state index is 13.8. The largest absolute Gasteiger partial charge is 0.449 e. The first-order valence-electron chi connectivity index (χ1n) is 14.1. The zero-order chi connectivity index (χ0) is 36.0. The predicted molar refractivity (Wildman–Crippen MR) is 152 cm³/mol. The average Bonchev–Trinajstić information content (AvgIpc) is 2.99. The van der Waals surface area contributed by atoms with Crippen molar-refractivity contribution >= 4 is 21.8 Å². The second-order valence-corrected chi connectivity index (χ2v) is 12.7. The zero-order valence-corrected chi connectivity index (χ0v) is 26.1. The fourth-order valence-corrected chi connectivity index (χ4v) is 6.21. The lowest BCUT2D eigenvalue weighted by Gasteiger charge is -2.46. The summed E-state index contributed by atoms with van der Waals surface area (Å²) in [5, 5.41) is 0. The van der Waals surface area contributed by atoms with E-state index in [-0.39, 0.29) is 42.6 Å². The summed E-state index contributed by atoms with van der Waals surface area (Å²) in [6, 6.07) is 3.14. The topological polar surface area (TPSA) is 128 Å². The van der Waals surface area contributed by atoms with Gasteiger partial charge in [0.05, 0.1) is 40.9 Å². The predicted octanol–water partition coefficient (Wildman–Crippen LogP) is 6.60. The van der Waals surface area contributed by atoms with Gasteiger partial charge in [-0.2, -0.15) is 39.5 Å². The minimum atomic E-state index is -5.20. The first-order valence-corrected chi connectivity index (χ1v) is 15.6. The molecule has 0 spiro atoms. The highest BCUT2D eigenvalue weighted by atomic mass is 32.2. The van der Waals surface area contributed by atoms with Crippen molar-refractivity contribution in [2.24, 2.45) is 5.73 Å². The standard InChI is InChI=1S/C29H28F9N5O4S/c1-4-26(39)13-20(19-12-16(27(30,31)32)6-7-22(19)43(26)25(44)47-5-2)24-41-14-23(48(45,46)40-3)21(42-24)10-15-8-17(28(33,34)35)11-18(9-15)29(36,37)38/h6-9,11-12,14,20,40H,4-5,10,13,39H2,1-3H3/t20-,26+/m0/s1. The molecule has 2 heterocycles. The van der Waals surface area contributed by atoms with Gasteiger partial charge in [0.15, 0.2) is 0 Å². The maximum atomic E-state index is 13.8. The Kier molecular flexibility index (Phi) is 9.84. The van der Waals surface area contributed by atoms with Crippen molar-refractivity contribution in [3.05, 3.63) is 81.9 Å². The van der Waals surface area contributed by atoms with Crippen LogP contribution in [0.3, 0.4) is 0 Å². The smallest absolute Gasteiger partial charge is 0.416 e. The number of aromatic nitrogens is 2. The number of alkyl halides is 9. The van der Waals surface area contributed by atoms with E-state index in [1.807, 2.05) is 4.72 Å². The molecule has 2 atom stereocenters. The highest BCUT2D eigenvalue weighted by Gasteiger charge is 2.47. The number of fused-ring (bicyclic) bond motifs is 1. The van der Waals surface area contributed by atoms with E-state index in [2.05, 4.69) is 9.97 Å². The van der Waals surface area contributed by atoms with Crippen molar-refractivity contribution in [1.82, 2.24) is 14.7 Å². The highest BCUT2D eigenvalue weighted by molar-refractivity contribution is 7.89. The second-order valence-electron chi connectivity index (χ2n) is 10.9. The lowest BCUT2D eigenvalue weighted by molar-refractivity contribution is -0.143. The van der Waals surface area contributed by atoms with Gasteiger partial charge < -0.3 is 10.5 Å². The van der Waals surface area contributed by atoms with Crippen LogP contribution in [0, 0.1) is 0 Å². The van der Waals surface area contributed by atoms with Crippen LogP contribution in [0.1, 0.15) is 71.9 Å². The SMILES string of the molecule is CCOC(=O)N1c2ccc(C(F)(F)F)cc2[C@@H](c2ncc(S(=O)(=O)NC)c(Cc3cc(C(F)(F)F)cc(C(F)(F)F)c3)n2)C[C@@]1(N)CC. The molecule has 1 aromatic heterocycles. The van der Waals surface area contributed by atoms with E-state index in [4.69, 9.17) is 10.5 Å². The Morgan fingerprint density at radius 1 is 0.979 bits per heavy atom. The number of carbonyl (C=O) groups excluding carboxylic acids is 1. The molecule has 1 amide bonds. The van der Waals surface area contributed by atoms with Gasteiger partial charge in [-0.15, -0.1) is 0 Å². The van der Waals surface area contributed by atoms with Crippen LogP contribution in [0.2, 0.25) is 0 Å². The van der Waals surface area contributed by atoms with Gasteiger partial charge in [-0.1, -0.05) is 6.92 Å². The molecular weight excluding hydrogens is 685 g/mol. The molecular formula is C29H28F9N5O4S. The number of halogens is 9. The summed E-state index contributed by atoms with van der Waals surface area (Å²) >= 11 is 0. The molecule has 262 valence electrons. The van der Waals surface area contributed by atoms with Gasteiger partial charge in [0, 0.05) is 12.3 Å². The molecule has 4 rings (SSSR count). The summed E-state index contributed by atoms with van der Waals surface area (Å²) in [5.41, 5.74) is -0.880. The highest BCUT2D eigenvalue weighted by Crippen LogP contribution is 2.47. The number of nitrogens with one attached hydrogen (secondary N) is 1. The molecule has 0 radical (unpaired) electrons. The van der Waals surface area contributed by atoms with Crippen LogP contribution < -0.4 is 15.4 Å². The number of carbonyl (C=O) groups is 1. The number of sulfonamides is 1. The Balaban J connectivity index is 1.98.